The first-order chi connectivity index (χ1) is 12.8. The zero-order chi connectivity index (χ0) is 18.2. The van der Waals surface area contributed by atoms with Gasteiger partial charge >= 0.3 is 0 Å². The normalized spacial score (nSPS) is 14.7. The number of hydrogen-bond donors (Lipinski definition) is 1. The lowest BCUT2D eigenvalue weighted by Gasteiger charge is -2.23. The predicted molar refractivity (Wildman–Crippen MR) is 103 cm³/mol. The highest BCUT2D eigenvalue weighted by Gasteiger charge is 2.18. The Morgan fingerprint density at radius 2 is 1.81 bits per heavy atom. The zero-order valence-corrected chi connectivity index (χ0v) is 15.4. The first-order valence-corrected chi connectivity index (χ1v) is 9.50. The molecule has 0 saturated heterocycles. The highest BCUT2D eigenvalue weighted by Crippen LogP contribution is 2.23. The van der Waals surface area contributed by atoms with Gasteiger partial charge in [-0.25, -0.2) is 0 Å². The Morgan fingerprint density at radius 1 is 1.04 bits per heavy atom. The quantitative estimate of drug-likeness (QED) is 0.783. The summed E-state index contributed by atoms with van der Waals surface area (Å²) >= 11 is 0. The van der Waals surface area contributed by atoms with Crippen LogP contribution < -0.4 is 14.8 Å². The molecule has 2 aromatic carbocycles. The maximum atomic E-state index is 12.6. The summed E-state index contributed by atoms with van der Waals surface area (Å²) in [7, 11) is 0. The third-order valence-electron chi connectivity index (χ3n) is 4.70. The van der Waals surface area contributed by atoms with E-state index in [1.807, 2.05) is 55.5 Å². The number of para-hydroxylation sites is 1. The molecule has 0 aliphatic heterocycles. The van der Waals surface area contributed by atoms with Crippen molar-refractivity contribution in [1.82, 2.24) is 5.32 Å². The van der Waals surface area contributed by atoms with Gasteiger partial charge in [0, 0.05) is 17.2 Å². The number of carbonyl (C=O) groups excluding carboxylic acids is 1. The summed E-state index contributed by atoms with van der Waals surface area (Å²) in [5.41, 5.74) is 1.54. The number of ether oxygens (including phenoxy) is 2. The van der Waals surface area contributed by atoms with Crippen LogP contribution in [0.1, 0.15) is 54.9 Å². The smallest absolute Gasteiger partial charge is 0.251 e. The van der Waals surface area contributed by atoms with Crippen molar-refractivity contribution in [3.05, 3.63) is 59.7 Å². The van der Waals surface area contributed by atoms with Crippen molar-refractivity contribution in [2.24, 2.45) is 0 Å². The maximum absolute atomic E-state index is 12.6. The average molecular weight is 353 g/mol. The van der Waals surface area contributed by atoms with E-state index in [0.29, 0.717) is 24.8 Å². The molecule has 1 saturated carbocycles. The molecule has 4 heteroatoms. The van der Waals surface area contributed by atoms with Crippen LogP contribution in [0, 0.1) is 0 Å². The molecule has 1 fully saturated rings. The molecule has 2 aromatic rings. The second-order valence-corrected chi connectivity index (χ2v) is 6.67. The molecule has 0 atom stereocenters. The summed E-state index contributed by atoms with van der Waals surface area (Å²) < 4.78 is 11.6. The Hall–Kier alpha value is -2.49. The van der Waals surface area contributed by atoms with Crippen LogP contribution in [0.3, 0.4) is 0 Å². The van der Waals surface area contributed by atoms with E-state index in [1.54, 1.807) is 0 Å². The molecular formula is C22H27NO3. The molecule has 0 unspecified atom stereocenters. The Morgan fingerprint density at radius 3 is 2.54 bits per heavy atom. The molecule has 0 heterocycles. The highest BCUT2D eigenvalue weighted by atomic mass is 16.5. The molecule has 0 radical (unpaired) electrons. The Kier molecular flexibility index (Phi) is 6.53. The molecule has 26 heavy (non-hydrogen) atoms. The van der Waals surface area contributed by atoms with Gasteiger partial charge in [-0.15, -0.1) is 0 Å². The summed E-state index contributed by atoms with van der Waals surface area (Å²) in [5.74, 6) is 1.55. The van der Waals surface area contributed by atoms with E-state index in [1.165, 1.54) is 19.3 Å². The van der Waals surface area contributed by atoms with Gasteiger partial charge in [0.25, 0.3) is 5.91 Å². The average Bonchev–Trinajstić information content (AvgIpc) is 2.69. The molecule has 3 rings (SSSR count). The van der Waals surface area contributed by atoms with E-state index < -0.39 is 0 Å². The fourth-order valence-electron chi connectivity index (χ4n) is 3.32. The van der Waals surface area contributed by atoms with Gasteiger partial charge < -0.3 is 14.8 Å². The Labute approximate surface area is 155 Å². The van der Waals surface area contributed by atoms with Crippen LogP contribution in [0.2, 0.25) is 0 Å². The zero-order valence-electron chi connectivity index (χ0n) is 15.4. The molecule has 4 nitrogen and oxygen atoms in total. The molecule has 1 aliphatic carbocycles. The largest absolute Gasteiger partial charge is 0.493 e. The summed E-state index contributed by atoms with van der Waals surface area (Å²) in [6.45, 7) is 2.89. The first kappa shape index (κ1) is 18.3. The summed E-state index contributed by atoms with van der Waals surface area (Å²) in [4.78, 5) is 12.6. The Bertz CT molecular complexity index is 709. The van der Waals surface area contributed by atoms with Gasteiger partial charge in [0.05, 0.1) is 6.61 Å². The van der Waals surface area contributed by atoms with E-state index in [-0.39, 0.29) is 5.91 Å². The number of carbonyl (C=O) groups is 1. The van der Waals surface area contributed by atoms with Gasteiger partial charge in [0.2, 0.25) is 0 Å². The van der Waals surface area contributed by atoms with Gasteiger partial charge in [-0.2, -0.15) is 0 Å². The van der Waals surface area contributed by atoms with Gasteiger partial charge in [0.15, 0.2) is 0 Å². The minimum atomic E-state index is -0.0130. The van der Waals surface area contributed by atoms with Gasteiger partial charge in [0.1, 0.15) is 18.1 Å². The molecule has 1 N–H and O–H groups in total. The number of benzene rings is 2. The number of rotatable bonds is 7. The van der Waals surface area contributed by atoms with Crippen molar-refractivity contribution in [2.45, 2.75) is 51.7 Å². The van der Waals surface area contributed by atoms with Gasteiger partial charge in [-0.05, 0) is 50.1 Å². The van der Waals surface area contributed by atoms with Crippen molar-refractivity contribution in [3.8, 4) is 11.5 Å². The standard InChI is InChI=1S/C22H27NO3/c1-2-25-21-14-13-17(22(24)23-19-9-5-3-6-10-19)15-18(21)16-26-20-11-7-4-8-12-20/h4,7-8,11-15,19H,2-3,5-6,9-10,16H2,1H3,(H,23,24). The summed E-state index contributed by atoms with van der Waals surface area (Å²) in [6.07, 6.45) is 5.82. The second kappa shape index (κ2) is 9.27. The molecule has 1 amide bonds. The lowest BCUT2D eigenvalue weighted by atomic mass is 9.95. The maximum Gasteiger partial charge on any atom is 0.251 e. The third-order valence-corrected chi connectivity index (χ3v) is 4.70. The van der Waals surface area contributed by atoms with E-state index >= 15 is 0 Å². The fraction of sp³-hybridized carbons (Fsp3) is 0.409. The first-order valence-electron chi connectivity index (χ1n) is 9.50. The van der Waals surface area contributed by atoms with Crippen LogP contribution in [-0.4, -0.2) is 18.6 Å². The van der Waals surface area contributed by atoms with Gasteiger partial charge in [-0.1, -0.05) is 37.5 Å². The van der Waals surface area contributed by atoms with E-state index in [0.717, 1.165) is 29.9 Å². The molecule has 0 aromatic heterocycles. The van der Waals surface area contributed by atoms with Crippen LogP contribution in [0.25, 0.3) is 0 Å². The van der Waals surface area contributed by atoms with Crippen molar-refractivity contribution >= 4 is 5.91 Å². The van der Waals surface area contributed by atoms with Gasteiger partial charge in [-0.3, -0.25) is 4.79 Å². The topological polar surface area (TPSA) is 47.6 Å². The van der Waals surface area contributed by atoms with Crippen molar-refractivity contribution in [3.63, 3.8) is 0 Å². The number of amides is 1. The fourth-order valence-corrected chi connectivity index (χ4v) is 3.32. The van der Waals surface area contributed by atoms with Crippen molar-refractivity contribution in [1.29, 1.82) is 0 Å². The van der Waals surface area contributed by atoms with Crippen LogP contribution in [0.5, 0.6) is 11.5 Å². The monoisotopic (exact) mass is 353 g/mol. The lowest BCUT2D eigenvalue weighted by molar-refractivity contribution is 0.0927. The van der Waals surface area contributed by atoms with Crippen LogP contribution in [0.15, 0.2) is 48.5 Å². The Balaban J connectivity index is 1.71. The SMILES string of the molecule is CCOc1ccc(C(=O)NC2CCCCC2)cc1COc1ccccc1. The molecule has 0 bridgehead atoms. The minimum Gasteiger partial charge on any atom is -0.493 e. The second-order valence-electron chi connectivity index (χ2n) is 6.67. The van der Waals surface area contributed by atoms with E-state index in [9.17, 15) is 4.79 Å². The van der Waals surface area contributed by atoms with Crippen LogP contribution in [0.4, 0.5) is 0 Å². The lowest BCUT2D eigenvalue weighted by Crippen LogP contribution is -2.36. The van der Waals surface area contributed by atoms with Crippen molar-refractivity contribution in [2.75, 3.05) is 6.61 Å². The highest BCUT2D eigenvalue weighted by molar-refractivity contribution is 5.94. The molecule has 1 aliphatic rings. The van der Waals surface area contributed by atoms with Crippen molar-refractivity contribution < 1.29 is 14.3 Å². The number of nitrogens with one attached hydrogen (secondary N) is 1. The van der Waals surface area contributed by atoms with E-state index in [4.69, 9.17) is 9.47 Å². The summed E-state index contributed by atoms with van der Waals surface area (Å²) in [6, 6.07) is 15.5. The minimum absolute atomic E-state index is 0.0130. The van der Waals surface area contributed by atoms with E-state index in [2.05, 4.69) is 5.32 Å². The summed E-state index contributed by atoms with van der Waals surface area (Å²) in [5, 5.41) is 3.17. The van der Waals surface area contributed by atoms with Crippen LogP contribution in [-0.2, 0) is 6.61 Å². The number of hydrogen-bond acceptors (Lipinski definition) is 3. The molecular weight excluding hydrogens is 326 g/mol. The molecule has 138 valence electrons. The molecule has 0 spiro atoms. The predicted octanol–water partition coefficient (Wildman–Crippen LogP) is 4.73. The van der Waals surface area contributed by atoms with Crippen LogP contribution >= 0.6 is 0 Å². The third kappa shape index (κ3) is 5.01.